The summed E-state index contributed by atoms with van der Waals surface area (Å²) in [5.41, 5.74) is 2.34. The Bertz CT molecular complexity index is 646. The molecule has 0 amide bonds. The van der Waals surface area contributed by atoms with Gasteiger partial charge in [0.1, 0.15) is 5.82 Å². The molecular formula is C15H13BrCl2FN. The Hall–Kier alpha value is -0.610. The highest BCUT2D eigenvalue weighted by Crippen LogP contribution is 2.34. The molecule has 0 aliphatic carbocycles. The third-order valence-corrected chi connectivity index (χ3v) is 4.95. The average molecular weight is 377 g/mol. The van der Waals surface area contributed by atoms with Crippen molar-refractivity contribution >= 4 is 39.1 Å². The van der Waals surface area contributed by atoms with E-state index in [2.05, 4.69) is 21.2 Å². The van der Waals surface area contributed by atoms with Crippen molar-refractivity contribution in [2.24, 2.45) is 0 Å². The van der Waals surface area contributed by atoms with Crippen LogP contribution in [-0.4, -0.2) is 7.05 Å². The second kappa shape index (κ2) is 6.44. The standard InChI is InChI=1S/C15H13BrCl2FN/c1-8-9(4-3-5-12(8)17)15(20-2)10-6-7-11(16)13(18)14(10)19/h3-7,15,20H,1-2H3. The van der Waals surface area contributed by atoms with Crippen LogP contribution in [0.4, 0.5) is 4.39 Å². The molecule has 0 heterocycles. The maximum Gasteiger partial charge on any atom is 0.148 e. The predicted octanol–water partition coefficient (Wildman–Crippen LogP) is 5.51. The van der Waals surface area contributed by atoms with Gasteiger partial charge in [0.25, 0.3) is 0 Å². The third-order valence-electron chi connectivity index (χ3n) is 3.29. The fourth-order valence-corrected chi connectivity index (χ4v) is 2.84. The zero-order valence-corrected chi connectivity index (χ0v) is 14.1. The van der Waals surface area contributed by atoms with Gasteiger partial charge >= 0.3 is 0 Å². The monoisotopic (exact) mass is 375 g/mol. The lowest BCUT2D eigenvalue weighted by molar-refractivity contribution is 0.575. The molecule has 0 saturated carbocycles. The fourth-order valence-electron chi connectivity index (χ4n) is 2.18. The number of hydrogen-bond donors (Lipinski definition) is 1. The summed E-state index contributed by atoms with van der Waals surface area (Å²) in [7, 11) is 1.78. The first kappa shape index (κ1) is 15.8. The van der Waals surface area contributed by atoms with Crippen molar-refractivity contribution in [2.75, 3.05) is 7.05 Å². The molecule has 1 nitrogen and oxygen atoms in total. The van der Waals surface area contributed by atoms with Gasteiger partial charge in [-0.2, -0.15) is 0 Å². The van der Waals surface area contributed by atoms with Crippen LogP contribution in [0.2, 0.25) is 10.0 Å². The SMILES string of the molecule is CNC(c1cccc(Cl)c1C)c1ccc(Br)c(Cl)c1F. The first-order valence-corrected chi connectivity index (χ1v) is 7.58. The van der Waals surface area contributed by atoms with Crippen LogP contribution in [0.15, 0.2) is 34.8 Å². The lowest BCUT2D eigenvalue weighted by atomic mass is 9.95. The zero-order chi connectivity index (χ0) is 14.9. The number of rotatable bonds is 3. The molecule has 0 bridgehead atoms. The van der Waals surface area contributed by atoms with Gasteiger partial charge in [-0.15, -0.1) is 0 Å². The molecule has 1 atom stereocenters. The number of halogens is 4. The quantitative estimate of drug-likeness (QED) is 0.696. The molecule has 0 aliphatic rings. The molecule has 2 rings (SSSR count). The van der Waals surface area contributed by atoms with Gasteiger partial charge in [-0.25, -0.2) is 4.39 Å². The predicted molar refractivity (Wildman–Crippen MR) is 86.2 cm³/mol. The Morgan fingerprint density at radius 1 is 1.15 bits per heavy atom. The van der Waals surface area contributed by atoms with E-state index in [9.17, 15) is 4.39 Å². The highest BCUT2D eigenvalue weighted by molar-refractivity contribution is 9.10. The van der Waals surface area contributed by atoms with E-state index in [0.29, 0.717) is 15.1 Å². The Labute approximate surface area is 136 Å². The molecule has 106 valence electrons. The van der Waals surface area contributed by atoms with Crippen molar-refractivity contribution in [1.29, 1.82) is 0 Å². The summed E-state index contributed by atoms with van der Waals surface area (Å²) in [5, 5.41) is 3.86. The van der Waals surface area contributed by atoms with Crippen LogP contribution in [0.3, 0.4) is 0 Å². The Morgan fingerprint density at radius 3 is 2.50 bits per heavy atom. The Balaban J connectivity index is 2.59. The number of hydrogen-bond acceptors (Lipinski definition) is 1. The van der Waals surface area contributed by atoms with E-state index in [1.54, 1.807) is 19.2 Å². The molecule has 0 aromatic heterocycles. The fraction of sp³-hybridized carbons (Fsp3) is 0.200. The molecule has 0 spiro atoms. The van der Waals surface area contributed by atoms with E-state index in [1.807, 2.05) is 25.1 Å². The van der Waals surface area contributed by atoms with Crippen LogP contribution in [-0.2, 0) is 0 Å². The summed E-state index contributed by atoms with van der Waals surface area (Å²) in [5.74, 6) is -0.431. The van der Waals surface area contributed by atoms with Gasteiger partial charge in [-0.1, -0.05) is 41.4 Å². The largest absolute Gasteiger partial charge is 0.309 e. The third kappa shape index (κ3) is 2.86. The first-order chi connectivity index (χ1) is 9.47. The van der Waals surface area contributed by atoms with E-state index < -0.39 is 5.82 Å². The molecule has 1 N–H and O–H groups in total. The topological polar surface area (TPSA) is 12.0 Å². The lowest BCUT2D eigenvalue weighted by Crippen LogP contribution is -2.20. The van der Waals surface area contributed by atoms with Gasteiger partial charge in [0.2, 0.25) is 0 Å². The summed E-state index contributed by atoms with van der Waals surface area (Å²) in [4.78, 5) is 0. The van der Waals surface area contributed by atoms with Crippen molar-refractivity contribution in [1.82, 2.24) is 5.32 Å². The lowest BCUT2D eigenvalue weighted by Gasteiger charge is -2.21. The van der Waals surface area contributed by atoms with Crippen molar-refractivity contribution in [3.8, 4) is 0 Å². The van der Waals surface area contributed by atoms with Crippen LogP contribution in [0.5, 0.6) is 0 Å². The first-order valence-electron chi connectivity index (χ1n) is 6.03. The summed E-state index contributed by atoms with van der Waals surface area (Å²) < 4.78 is 14.9. The average Bonchev–Trinajstić information content (AvgIpc) is 2.44. The van der Waals surface area contributed by atoms with Gasteiger partial charge in [0, 0.05) is 15.1 Å². The molecule has 0 fully saturated rings. The smallest absolute Gasteiger partial charge is 0.148 e. The molecule has 2 aromatic carbocycles. The summed E-state index contributed by atoms with van der Waals surface area (Å²) in [6.45, 7) is 1.92. The summed E-state index contributed by atoms with van der Waals surface area (Å²) in [6, 6.07) is 8.75. The van der Waals surface area contributed by atoms with E-state index >= 15 is 0 Å². The Morgan fingerprint density at radius 2 is 1.85 bits per heavy atom. The molecular weight excluding hydrogens is 364 g/mol. The van der Waals surface area contributed by atoms with Gasteiger partial charge < -0.3 is 5.32 Å². The Kier molecular flexibility index (Phi) is 5.08. The van der Waals surface area contributed by atoms with Crippen molar-refractivity contribution < 1.29 is 4.39 Å². The van der Waals surface area contributed by atoms with Gasteiger partial charge in [-0.05, 0) is 53.2 Å². The second-order valence-electron chi connectivity index (χ2n) is 4.44. The maximum absolute atomic E-state index is 14.4. The molecule has 20 heavy (non-hydrogen) atoms. The van der Waals surface area contributed by atoms with Crippen LogP contribution >= 0.6 is 39.1 Å². The molecule has 1 unspecified atom stereocenters. The van der Waals surface area contributed by atoms with E-state index in [0.717, 1.165) is 11.1 Å². The van der Waals surface area contributed by atoms with Crippen LogP contribution < -0.4 is 5.32 Å². The minimum atomic E-state index is -0.431. The van der Waals surface area contributed by atoms with Crippen molar-refractivity contribution in [3.63, 3.8) is 0 Å². The number of nitrogens with one attached hydrogen (secondary N) is 1. The molecule has 5 heteroatoms. The zero-order valence-electron chi connectivity index (χ0n) is 11.0. The number of benzene rings is 2. The molecule has 2 aromatic rings. The molecule has 0 saturated heterocycles. The van der Waals surface area contributed by atoms with Crippen molar-refractivity contribution in [2.45, 2.75) is 13.0 Å². The van der Waals surface area contributed by atoms with Crippen LogP contribution in [0, 0.1) is 12.7 Å². The maximum atomic E-state index is 14.4. The minimum absolute atomic E-state index is 0.0856. The summed E-state index contributed by atoms with van der Waals surface area (Å²) in [6.07, 6.45) is 0. The second-order valence-corrected chi connectivity index (χ2v) is 6.08. The van der Waals surface area contributed by atoms with E-state index in [1.165, 1.54) is 0 Å². The highest BCUT2D eigenvalue weighted by atomic mass is 79.9. The van der Waals surface area contributed by atoms with E-state index in [4.69, 9.17) is 23.2 Å². The van der Waals surface area contributed by atoms with Crippen molar-refractivity contribution in [3.05, 3.63) is 67.4 Å². The normalized spacial score (nSPS) is 12.5. The van der Waals surface area contributed by atoms with Gasteiger partial charge in [0.15, 0.2) is 0 Å². The summed E-state index contributed by atoms with van der Waals surface area (Å²) >= 11 is 15.3. The van der Waals surface area contributed by atoms with Gasteiger partial charge in [0.05, 0.1) is 11.1 Å². The highest BCUT2D eigenvalue weighted by Gasteiger charge is 2.21. The van der Waals surface area contributed by atoms with Crippen LogP contribution in [0.1, 0.15) is 22.7 Å². The van der Waals surface area contributed by atoms with Crippen LogP contribution in [0.25, 0.3) is 0 Å². The van der Waals surface area contributed by atoms with E-state index in [-0.39, 0.29) is 11.1 Å². The molecule has 0 radical (unpaired) electrons. The minimum Gasteiger partial charge on any atom is -0.309 e. The molecule has 0 aliphatic heterocycles. The van der Waals surface area contributed by atoms with Gasteiger partial charge in [-0.3, -0.25) is 0 Å².